The fourth-order valence-electron chi connectivity index (χ4n) is 4.42. The fourth-order valence-corrected chi connectivity index (χ4v) is 4.42. The Morgan fingerprint density at radius 2 is 1.58 bits per heavy atom. The fraction of sp³-hybridized carbons (Fsp3) is 0.417. The SMILES string of the molecule is CC1=CC2=C(c3ccc(C(C)(C)C)cc3)C3=C(CCCC3)CC2=C1. The molecule has 0 heterocycles. The van der Waals surface area contributed by atoms with Crippen molar-refractivity contribution < 1.29 is 0 Å². The molecule has 0 fully saturated rings. The first kappa shape index (κ1) is 15.7. The number of rotatable bonds is 1. The Hall–Kier alpha value is -1.82. The van der Waals surface area contributed by atoms with Crippen LogP contribution in [0.3, 0.4) is 0 Å². The molecule has 24 heavy (non-hydrogen) atoms. The summed E-state index contributed by atoms with van der Waals surface area (Å²) in [5.74, 6) is 0. The molecule has 0 aliphatic heterocycles. The lowest BCUT2D eigenvalue weighted by Crippen LogP contribution is -2.12. The zero-order valence-corrected chi connectivity index (χ0v) is 15.5. The smallest absolute Gasteiger partial charge is 0.00548 e. The van der Waals surface area contributed by atoms with Gasteiger partial charge in [0.1, 0.15) is 0 Å². The van der Waals surface area contributed by atoms with Gasteiger partial charge in [0.2, 0.25) is 0 Å². The Morgan fingerprint density at radius 1 is 0.875 bits per heavy atom. The monoisotopic (exact) mass is 316 g/mol. The molecule has 0 spiro atoms. The number of allylic oxidation sites excluding steroid dienone is 8. The highest BCUT2D eigenvalue weighted by Gasteiger charge is 2.28. The van der Waals surface area contributed by atoms with Crippen LogP contribution in [0.4, 0.5) is 0 Å². The molecule has 1 aromatic rings. The van der Waals surface area contributed by atoms with Crippen LogP contribution in [0.25, 0.3) is 5.57 Å². The van der Waals surface area contributed by atoms with Gasteiger partial charge in [0.25, 0.3) is 0 Å². The predicted molar refractivity (Wildman–Crippen MR) is 104 cm³/mol. The van der Waals surface area contributed by atoms with Gasteiger partial charge in [-0.2, -0.15) is 0 Å². The minimum atomic E-state index is 0.215. The van der Waals surface area contributed by atoms with Crippen LogP contribution in [0, 0.1) is 0 Å². The van der Waals surface area contributed by atoms with Gasteiger partial charge in [0, 0.05) is 0 Å². The van der Waals surface area contributed by atoms with E-state index in [1.165, 1.54) is 60.0 Å². The molecular weight excluding hydrogens is 288 g/mol. The van der Waals surface area contributed by atoms with E-state index in [9.17, 15) is 0 Å². The summed E-state index contributed by atoms with van der Waals surface area (Å²) in [6.45, 7) is 9.10. The lowest BCUT2D eigenvalue weighted by Gasteiger charge is -2.30. The molecule has 124 valence electrons. The van der Waals surface area contributed by atoms with Gasteiger partial charge in [-0.3, -0.25) is 0 Å². The maximum Gasteiger partial charge on any atom is -0.00548 e. The Balaban J connectivity index is 1.85. The van der Waals surface area contributed by atoms with E-state index < -0.39 is 0 Å². The van der Waals surface area contributed by atoms with Crippen LogP contribution in [0.1, 0.15) is 70.9 Å². The lowest BCUT2D eigenvalue weighted by atomic mass is 9.74. The molecule has 0 atom stereocenters. The average Bonchev–Trinajstić information content (AvgIpc) is 2.91. The second-order valence-electron chi connectivity index (χ2n) is 8.64. The molecule has 1 aromatic carbocycles. The molecule has 3 aliphatic carbocycles. The third-order valence-corrected chi connectivity index (χ3v) is 5.72. The normalized spacial score (nSPS) is 20.7. The lowest BCUT2D eigenvalue weighted by molar-refractivity contribution is 0.590. The largest absolute Gasteiger partial charge is 0.0620 e. The van der Waals surface area contributed by atoms with Gasteiger partial charge >= 0.3 is 0 Å². The first-order chi connectivity index (χ1) is 11.4. The van der Waals surface area contributed by atoms with Crippen molar-refractivity contribution in [3.63, 3.8) is 0 Å². The highest BCUT2D eigenvalue weighted by atomic mass is 14.3. The molecule has 0 aromatic heterocycles. The third kappa shape index (κ3) is 2.62. The van der Waals surface area contributed by atoms with Gasteiger partial charge < -0.3 is 0 Å². The topological polar surface area (TPSA) is 0 Å². The first-order valence-electron chi connectivity index (χ1n) is 9.39. The Labute approximate surface area is 146 Å². The number of benzene rings is 1. The van der Waals surface area contributed by atoms with Crippen molar-refractivity contribution in [3.05, 3.63) is 75.4 Å². The van der Waals surface area contributed by atoms with Gasteiger partial charge in [-0.05, 0) is 77.9 Å². The van der Waals surface area contributed by atoms with Crippen LogP contribution in [0.5, 0.6) is 0 Å². The van der Waals surface area contributed by atoms with Crippen molar-refractivity contribution in [1.29, 1.82) is 0 Å². The van der Waals surface area contributed by atoms with E-state index in [2.05, 4.69) is 64.1 Å². The minimum absolute atomic E-state index is 0.215. The van der Waals surface area contributed by atoms with E-state index in [0.717, 1.165) is 0 Å². The van der Waals surface area contributed by atoms with Crippen molar-refractivity contribution in [1.82, 2.24) is 0 Å². The van der Waals surface area contributed by atoms with Crippen molar-refractivity contribution in [2.75, 3.05) is 0 Å². The summed E-state index contributed by atoms with van der Waals surface area (Å²) in [6, 6.07) is 9.37. The maximum atomic E-state index is 2.40. The van der Waals surface area contributed by atoms with Crippen molar-refractivity contribution in [3.8, 4) is 0 Å². The molecule has 0 saturated heterocycles. The number of fused-ring (bicyclic) bond motifs is 1. The van der Waals surface area contributed by atoms with Crippen LogP contribution in [-0.2, 0) is 5.41 Å². The summed E-state index contributed by atoms with van der Waals surface area (Å²) in [6.07, 6.45) is 11.2. The van der Waals surface area contributed by atoms with E-state index in [1.54, 1.807) is 16.7 Å². The van der Waals surface area contributed by atoms with E-state index in [0.29, 0.717) is 0 Å². The van der Waals surface area contributed by atoms with Crippen molar-refractivity contribution in [2.24, 2.45) is 0 Å². The number of hydrogen-bond donors (Lipinski definition) is 0. The predicted octanol–water partition coefficient (Wildman–Crippen LogP) is 6.90. The molecule has 3 aliphatic rings. The van der Waals surface area contributed by atoms with Crippen LogP contribution in [-0.4, -0.2) is 0 Å². The van der Waals surface area contributed by atoms with Crippen molar-refractivity contribution in [2.45, 2.75) is 65.2 Å². The van der Waals surface area contributed by atoms with E-state index in [4.69, 9.17) is 0 Å². The van der Waals surface area contributed by atoms with Crippen LogP contribution in [0.15, 0.2) is 64.3 Å². The quantitative estimate of drug-likeness (QED) is 0.528. The number of hydrogen-bond acceptors (Lipinski definition) is 0. The summed E-state index contributed by atoms with van der Waals surface area (Å²) < 4.78 is 0. The molecule has 0 bridgehead atoms. The van der Waals surface area contributed by atoms with Crippen LogP contribution < -0.4 is 0 Å². The molecule has 0 radical (unpaired) electrons. The minimum Gasteiger partial charge on any atom is -0.0620 e. The molecule has 0 heteroatoms. The highest BCUT2D eigenvalue weighted by molar-refractivity contribution is 5.90. The van der Waals surface area contributed by atoms with E-state index >= 15 is 0 Å². The molecular formula is C24H28. The molecule has 0 nitrogen and oxygen atoms in total. The average molecular weight is 316 g/mol. The molecule has 0 amide bonds. The summed E-state index contributed by atoms with van der Waals surface area (Å²) in [4.78, 5) is 0. The molecule has 0 unspecified atom stereocenters. The Kier molecular flexibility index (Phi) is 3.67. The van der Waals surface area contributed by atoms with Crippen LogP contribution >= 0.6 is 0 Å². The molecule has 4 rings (SSSR count). The molecule has 0 N–H and O–H groups in total. The van der Waals surface area contributed by atoms with E-state index in [-0.39, 0.29) is 5.41 Å². The van der Waals surface area contributed by atoms with Crippen molar-refractivity contribution >= 4 is 5.57 Å². The molecule has 0 saturated carbocycles. The van der Waals surface area contributed by atoms with E-state index in [1.807, 2.05) is 0 Å². The second-order valence-corrected chi connectivity index (χ2v) is 8.64. The summed E-state index contributed by atoms with van der Waals surface area (Å²) in [5, 5.41) is 0. The Bertz CT molecular complexity index is 799. The van der Waals surface area contributed by atoms with Crippen LogP contribution in [0.2, 0.25) is 0 Å². The standard InChI is InChI=1S/C24H28/c1-16-13-19-15-18-7-5-6-8-21(18)23(22(19)14-16)17-9-11-20(12-10-17)24(2,3)4/h9-14H,5-8,15H2,1-4H3. The summed E-state index contributed by atoms with van der Waals surface area (Å²) >= 11 is 0. The van der Waals surface area contributed by atoms with Gasteiger partial charge in [-0.25, -0.2) is 0 Å². The second kappa shape index (κ2) is 5.62. The van der Waals surface area contributed by atoms with Gasteiger partial charge in [-0.15, -0.1) is 0 Å². The first-order valence-corrected chi connectivity index (χ1v) is 9.39. The highest BCUT2D eigenvalue weighted by Crippen LogP contribution is 2.48. The van der Waals surface area contributed by atoms with Gasteiger partial charge in [-0.1, -0.05) is 68.3 Å². The summed E-state index contributed by atoms with van der Waals surface area (Å²) in [7, 11) is 0. The summed E-state index contributed by atoms with van der Waals surface area (Å²) in [5.41, 5.74) is 12.4. The Morgan fingerprint density at radius 3 is 2.29 bits per heavy atom. The van der Waals surface area contributed by atoms with Gasteiger partial charge in [0.05, 0.1) is 0 Å². The zero-order valence-electron chi connectivity index (χ0n) is 15.5. The maximum absolute atomic E-state index is 2.40. The zero-order chi connectivity index (χ0) is 16.9. The third-order valence-electron chi connectivity index (χ3n) is 5.72. The van der Waals surface area contributed by atoms with Gasteiger partial charge in [0.15, 0.2) is 0 Å².